The van der Waals surface area contributed by atoms with Crippen LogP contribution < -0.4 is 10.0 Å². The summed E-state index contributed by atoms with van der Waals surface area (Å²) in [5.41, 5.74) is 2.64. The van der Waals surface area contributed by atoms with Crippen LogP contribution in [0.15, 0.2) is 71.6 Å². The lowest BCUT2D eigenvalue weighted by Crippen LogP contribution is -2.16. The van der Waals surface area contributed by atoms with E-state index in [1.54, 1.807) is 0 Å². The molecule has 0 unspecified atom stereocenters. The Morgan fingerprint density at radius 2 is 1.57 bits per heavy atom. The quantitative estimate of drug-likeness (QED) is 0.665. The molecule has 0 spiro atoms. The SMILES string of the molecule is Cc1cc(C)cc(NC(=O)c2cccc(S(=O)(=O)Nc3ccccc3F)c2)c1. The molecule has 28 heavy (non-hydrogen) atoms. The second-order valence-electron chi connectivity index (χ2n) is 6.44. The molecule has 0 aliphatic carbocycles. The van der Waals surface area contributed by atoms with Crippen LogP contribution in [-0.4, -0.2) is 14.3 Å². The molecule has 0 fully saturated rings. The molecule has 3 rings (SSSR count). The van der Waals surface area contributed by atoms with E-state index in [1.807, 2.05) is 32.0 Å². The zero-order valence-corrected chi connectivity index (χ0v) is 16.2. The van der Waals surface area contributed by atoms with Crippen molar-refractivity contribution in [3.63, 3.8) is 0 Å². The molecule has 7 heteroatoms. The highest BCUT2D eigenvalue weighted by atomic mass is 32.2. The van der Waals surface area contributed by atoms with Gasteiger partial charge in [-0.2, -0.15) is 0 Å². The fourth-order valence-electron chi connectivity index (χ4n) is 2.80. The molecule has 0 radical (unpaired) electrons. The van der Waals surface area contributed by atoms with Crippen LogP contribution in [0.3, 0.4) is 0 Å². The monoisotopic (exact) mass is 398 g/mol. The lowest BCUT2D eigenvalue weighted by atomic mass is 10.1. The number of halogens is 1. The smallest absolute Gasteiger partial charge is 0.262 e. The molecule has 5 nitrogen and oxygen atoms in total. The molecular weight excluding hydrogens is 379 g/mol. The van der Waals surface area contributed by atoms with Gasteiger partial charge in [-0.1, -0.05) is 24.3 Å². The normalized spacial score (nSPS) is 11.1. The number of anilines is 2. The third-order valence-corrected chi connectivity index (χ3v) is 5.37. The molecule has 0 bridgehead atoms. The second-order valence-corrected chi connectivity index (χ2v) is 8.13. The summed E-state index contributed by atoms with van der Waals surface area (Å²) in [6.45, 7) is 3.84. The number of aryl methyl sites for hydroxylation is 2. The standard InChI is InChI=1S/C21H19FN2O3S/c1-14-10-15(2)12-17(11-14)23-21(25)16-6-5-7-18(13-16)28(26,27)24-20-9-4-3-8-19(20)22/h3-13,24H,1-2H3,(H,23,25). The first-order valence-corrected chi connectivity index (χ1v) is 10.00. The van der Waals surface area contributed by atoms with E-state index in [0.29, 0.717) is 5.69 Å². The van der Waals surface area contributed by atoms with Crippen LogP contribution in [0.4, 0.5) is 15.8 Å². The van der Waals surface area contributed by atoms with E-state index in [2.05, 4.69) is 10.0 Å². The van der Waals surface area contributed by atoms with Crippen molar-refractivity contribution < 1.29 is 17.6 Å². The molecular formula is C21H19FN2O3S. The highest BCUT2D eigenvalue weighted by Crippen LogP contribution is 2.20. The Hall–Kier alpha value is -3.19. The van der Waals surface area contributed by atoms with Crippen LogP contribution in [-0.2, 0) is 10.0 Å². The van der Waals surface area contributed by atoms with Crippen molar-refractivity contribution in [3.8, 4) is 0 Å². The van der Waals surface area contributed by atoms with Crippen molar-refractivity contribution in [1.82, 2.24) is 0 Å². The number of amides is 1. The summed E-state index contributed by atoms with van der Waals surface area (Å²) in [5, 5.41) is 2.76. The molecule has 2 N–H and O–H groups in total. The Morgan fingerprint density at radius 3 is 2.25 bits per heavy atom. The average molecular weight is 398 g/mol. The summed E-state index contributed by atoms with van der Waals surface area (Å²) in [5.74, 6) is -1.12. The molecule has 0 atom stereocenters. The zero-order valence-electron chi connectivity index (χ0n) is 15.4. The highest BCUT2D eigenvalue weighted by molar-refractivity contribution is 7.92. The summed E-state index contributed by atoms with van der Waals surface area (Å²) in [7, 11) is -4.05. The summed E-state index contributed by atoms with van der Waals surface area (Å²) >= 11 is 0. The van der Waals surface area contributed by atoms with Gasteiger partial charge in [-0.25, -0.2) is 12.8 Å². The van der Waals surface area contributed by atoms with Crippen molar-refractivity contribution >= 4 is 27.3 Å². The third kappa shape index (κ3) is 4.55. The number of nitrogens with one attached hydrogen (secondary N) is 2. The maximum Gasteiger partial charge on any atom is 0.262 e. The van der Waals surface area contributed by atoms with Crippen LogP contribution in [0.2, 0.25) is 0 Å². The first-order chi connectivity index (χ1) is 13.2. The maximum atomic E-state index is 13.8. The van der Waals surface area contributed by atoms with Crippen LogP contribution in [0.5, 0.6) is 0 Å². The van der Waals surface area contributed by atoms with Crippen molar-refractivity contribution in [2.75, 3.05) is 10.0 Å². The van der Waals surface area contributed by atoms with Gasteiger partial charge in [-0.3, -0.25) is 9.52 Å². The molecule has 0 heterocycles. The van der Waals surface area contributed by atoms with E-state index >= 15 is 0 Å². The minimum atomic E-state index is -4.05. The number of carbonyl (C=O) groups is 1. The Labute approximate surface area is 163 Å². The Morgan fingerprint density at radius 1 is 0.893 bits per heavy atom. The van der Waals surface area contributed by atoms with Gasteiger partial charge in [0.05, 0.1) is 10.6 Å². The van der Waals surface area contributed by atoms with Gasteiger partial charge < -0.3 is 5.32 Å². The number of sulfonamides is 1. The van der Waals surface area contributed by atoms with E-state index in [4.69, 9.17) is 0 Å². The molecule has 0 saturated heterocycles. The lowest BCUT2D eigenvalue weighted by molar-refractivity contribution is 0.102. The second kappa shape index (κ2) is 7.82. The summed E-state index contributed by atoms with van der Waals surface area (Å²) in [4.78, 5) is 12.4. The van der Waals surface area contributed by atoms with Crippen molar-refractivity contribution in [2.24, 2.45) is 0 Å². The first-order valence-electron chi connectivity index (χ1n) is 8.52. The summed E-state index contributed by atoms with van der Waals surface area (Å²) in [6, 6.07) is 16.7. The summed E-state index contributed by atoms with van der Waals surface area (Å²) < 4.78 is 41.1. The fourth-order valence-corrected chi connectivity index (χ4v) is 3.92. The van der Waals surface area contributed by atoms with Gasteiger partial charge in [0, 0.05) is 11.3 Å². The number of para-hydroxylation sites is 1. The average Bonchev–Trinajstić information content (AvgIpc) is 2.63. The van der Waals surface area contributed by atoms with Gasteiger partial charge in [0.1, 0.15) is 5.82 Å². The van der Waals surface area contributed by atoms with E-state index in [9.17, 15) is 17.6 Å². The first kappa shape index (κ1) is 19.6. The molecule has 3 aromatic rings. The van der Waals surface area contributed by atoms with Crippen molar-refractivity contribution in [1.29, 1.82) is 0 Å². The van der Waals surface area contributed by atoms with Gasteiger partial charge >= 0.3 is 0 Å². The van der Waals surface area contributed by atoms with E-state index < -0.39 is 21.7 Å². The van der Waals surface area contributed by atoms with Gasteiger partial charge in [-0.15, -0.1) is 0 Å². The van der Waals surface area contributed by atoms with E-state index in [-0.39, 0.29) is 16.1 Å². The van der Waals surface area contributed by atoms with Gasteiger partial charge in [0.2, 0.25) is 0 Å². The van der Waals surface area contributed by atoms with Crippen molar-refractivity contribution in [3.05, 3.63) is 89.2 Å². The maximum absolute atomic E-state index is 13.8. The van der Waals surface area contributed by atoms with Crippen LogP contribution in [0.1, 0.15) is 21.5 Å². The number of hydrogen-bond donors (Lipinski definition) is 2. The predicted octanol–water partition coefficient (Wildman–Crippen LogP) is 4.50. The number of rotatable bonds is 5. The molecule has 0 aliphatic heterocycles. The Bertz CT molecular complexity index is 1120. The minimum absolute atomic E-state index is 0.135. The molecule has 144 valence electrons. The van der Waals surface area contributed by atoms with Crippen LogP contribution in [0.25, 0.3) is 0 Å². The lowest BCUT2D eigenvalue weighted by Gasteiger charge is -2.11. The molecule has 3 aromatic carbocycles. The number of benzene rings is 3. The van der Waals surface area contributed by atoms with E-state index in [0.717, 1.165) is 17.2 Å². The van der Waals surface area contributed by atoms with Gasteiger partial charge in [0.25, 0.3) is 15.9 Å². The third-order valence-electron chi connectivity index (χ3n) is 4.00. The Balaban J connectivity index is 1.85. The molecule has 1 amide bonds. The van der Waals surface area contributed by atoms with Gasteiger partial charge in [-0.05, 0) is 67.4 Å². The zero-order chi connectivity index (χ0) is 20.3. The fraction of sp³-hybridized carbons (Fsp3) is 0.0952. The van der Waals surface area contributed by atoms with Crippen molar-refractivity contribution in [2.45, 2.75) is 18.7 Å². The minimum Gasteiger partial charge on any atom is -0.322 e. The highest BCUT2D eigenvalue weighted by Gasteiger charge is 2.18. The number of carbonyl (C=O) groups excluding carboxylic acids is 1. The molecule has 0 aliphatic rings. The largest absolute Gasteiger partial charge is 0.322 e. The predicted molar refractivity (Wildman–Crippen MR) is 108 cm³/mol. The van der Waals surface area contributed by atoms with Crippen LogP contribution >= 0.6 is 0 Å². The number of hydrogen-bond acceptors (Lipinski definition) is 3. The van der Waals surface area contributed by atoms with E-state index in [1.165, 1.54) is 42.5 Å². The van der Waals surface area contributed by atoms with Gasteiger partial charge in [0.15, 0.2) is 0 Å². The topological polar surface area (TPSA) is 75.3 Å². The Kier molecular flexibility index (Phi) is 5.46. The molecule has 0 saturated carbocycles. The summed E-state index contributed by atoms with van der Waals surface area (Å²) in [6.07, 6.45) is 0. The molecule has 0 aromatic heterocycles. The van der Waals surface area contributed by atoms with Crippen LogP contribution in [0, 0.1) is 19.7 Å².